The molecule has 0 heterocycles. The lowest BCUT2D eigenvalue weighted by molar-refractivity contribution is -0.117. The second kappa shape index (κ2) is 9.17. The number of anilines is 1. The highest BCUT2D eigenvalue weighted by atomic mass is 35.5. The summed E-state index contributed by atoms with van der Waals surface area (Å²) < 4.78 is 41.0. The van der Waals surface area contributed by atoms with Crippen molar-refractivity contribution in [3.8, 4) is 0 Å². The number of hydrogen-bond donors (Lipinski definition) is 2. The molecular formula is C21H18ClFN2O3S. The molecule has 0 aliphatic carbocycles. The highest BCUT2D eigenvalue weighted by Crippen LogP contribution is 2.17. The number of carbonyl (C=O) groups excluding carboxylic acids is 1. The first-order valence-corrected chi connectivity index (χ1v) is 10.6. The molecule has 0 fully saturated rings. The van der Waals surface area contributed by atoms with Crippen LogP contribution in [0.1, 0.15) is 5.56 Å². The van der Waals surface area contributed by atoms with Gasteiger partial charge in [0.1, 0.15) is 11.9 Å². The fourth-order valence-electron chi connectivity index (χ4n) is 2.70. The quantitative estimate of drug-likeness (QED) is 0.592. The van der Waals surface area contributed by atoms with Crippen LogP contribution in [0, 0.1) is 5.82 Å². The van der Waals surface area contributed by atoms with Crippen LogP contribution in [-0.4, -0.2) is 20.4 Å². The molecule has 3 rings (SSSR count). The van der Waals surface area contributed by atoms with E-state index >= 15 is 0 Å². The van der Waals surface area contributed by atoms with Crippen LogP contribution >= 0.6 is 11.6 Å². The van der Waals surface area contributed by atoms with Crippen molar-refractivity contribution in [3.05, 3.63) is 95.3 Å². The Kier molecular flexibility index (Phi) is 6.64. The van der Waals surface area contributed by atoms with E-state index in [1.165, 1.54) is 0 Å². The minimum atomic E-state index is -4.05. The number of halogens is 2. The molecule has 0 saturated heterocycles. The standard InChI is InChI=1S/C21H18ClFN2O3S/c22-16-7-4-8-18(14-16)24-21(26)20(13-15-5-2-1-3-6-15)25-29(27,28)19-11-9-17(23)10-12-19/h1-12,14,20,25H,13H2,(H,24,26)/t20-/m1/s1. The predicted octanol–water partition coefficient (Wildman–Crippen LogP) is 4.01. The SMILES string of the molecule is O=C(Nc1cccc(Cl)c1)[C@@H](Cc1ccccc1)NS(=O)(=O)c1ccc(F)cc1. The van der Waals surface area contributed by atoms with E-state index < -0.39 is 27.8 Å². The monoisotopic (exact) mass is 432 g/mol. The maximum absolute atomic E-state index is 13.1. The van der Waals surface area contributed by atoms with Gasteiger partial charge in [0.25, 0.3) is 0 Å². The van der Waals surface area contributed by atoms with Crippen LogP contribution < -0.4 is 10.0 Å². The number of amides is 1. The van der Waals surface area contributed by atoms with Gasteiger partial charge in [-0.05, 0) is 54.4 Å². The predicted molar refractivity (Wildman–Crippen MR) is 111 cm³/mol. The van der Waals surface area contributed by atoms with Crippen LogP contribution in [0.2, 0.25) is 5.02 Å². The van der Waals surface area contributed by atoms with E-state index in [2.05, 4.69) is 10.0 Å². The molecule has 0 spiro atoms. The van der Waals surface area contributed by atoms with Crippen LogP contribution in [-0.2, 0) is 21.2 Å². The van der Waals surface area contributed by atoms with Gasteiger partial charge in [0.15, 0.2) is 0 Å². The zero-order valence-corrected chi connectivity index (χ0v) is 16.8. The molecule has 0 bridgehead atoms. The van der Waals surface area contributed by atoms with Crippen molar-refractivity contribution < 1.29 is 17.6 Å². The molecule has 0 aliphatic heterocycles. The van der Waals surface area contributed by atoms with E-state index in [-0.39, 0.29) is 11.3 Å². The van der Waals surface area contributed by atoms with Crippen LogP contribution in [0.15, 0.2) is 83.8 Å². The molecule has 8 heteroatoms. The molecule has 5 nitrogen and oxygen atoms in total. The number of hydrogen-bond acceptors (Lipinski definition) is 3. The summed E-state index contributed by atoms with van der Waals surface area (Å²) in [5.74, 6) is -1.09. The van der Waals surface area contributed by atoms with Gasteiger partial charge in [-0.1, -0.05) is 48.0 Å². The molecule has 1 atom stereocenters. The summed E-state index contributed by atoms with van der Waals surface area (Å²) >= 11 is 5.94. The molecule has 0 aliphatic rings. The van der Waals surface area contributed by atoms with Crippen LogP contribution in [0.5, 0.6) is 0 Å². The smallest absolute Gasteiger partial charge is 0.242 e. The summed E-state index contributed by atoms with van der Waals surface area (Å²) in [6, 6.07) is 18.9. The molecule has 29 heavy (non-hydrogen) atoms. The summed E-state index contributed by atoms with van der Waals surface area (Å²) in [7, 11) is -4.05. The lowest BCUT2D eigenvalue weighted by Gasteiger charge is -2.19. The van der Waals surface area contributed by atoms with Gasteiger partial charge in [-0.3, -0.25) is 4.79 Å². The first-order valence-electron chi connectivity index (χ1n) is 8.72. The number of rotatable bonds is 7. The van der Waals surface area contributed by atoms with Gasteiger partial charge in [-0.15, -0.1) is 0 Å². The molecule has 150 valence electrons. The molecular weight excluding hydrogens is 415 g/mol. The van der Waals surface area contributed by atoms with Crippen molar-refractivity contribution in [1.29, 1.82) is 0 Å². The topological polar surface area (TPSA) is 75.3 Å². The van der Waals surface area contributed by atoms with Crippen LogP contribution in [0.4, 0.5) is 10.1 Å². The lowest BCUT2D eigenvalue weighted by Crippen LogP contribution is -2.45. The maximum Gasteiger partial charge on any atom is 0.242 e. The minimum absolute atomic E-state index is 0.132. The first kappa shape index (κ1) is 21.0. The number of carbonyl (C=O) groups is 1. The Morgan fingerprint density at radius 2 is 1.66 bits per heavy atom. The number of benzene rings is 3. The molecule has 2 N–H and O–H groups in total. The Bertz CT molecular complexity index is 1090. The average molecular weight is 433 g/mol. The fraction of sp³-hybridized carbons (Fsp3) is 0.0952. The Hall–Kier alpha value is -2.74. The Balaban J connectivity index is 1.85. The normalized spacial score (nSPS) is 12.3. The zero-order valence-electron chi connectivity index (χ0n) is 15.2. The molecule has 0 saturated carbocycles. The third-order valence-electron chi connectivity index (χ3n) is 4.11. The van der Waals surface area contributed by atoms with Gasteiger partial charge in [-0.25, -0.2) is 12.8 Å². The van der Waals surface area contributed by atoms with Crippen molar-refractivity contribution in [3.63, 3.8) is 0 Å². The molecule has 3 aromatic rings. The molecule has 0 unspecified atom stereocenters. The van der Waals surface area contributed by atoms with Crippen molar-refractivity contribution in [2.45, 2.75) is 17.4 Å². The molecule has 0 radical (unpaired) electrons. The third kappa shape index (κ3) is 5.87. The van der Waals surface area contributed by atoms with E-state index in [4.69, 9.17) is 11.6 Å². The van der Waals surface area contributed by atoms with E-state index in [0.717, 1.165) is 29.8 Å². The van der Waals surface area contributed by atoms with Gasteiger partial charge >= 0.3 is 0 Å². The summed E-state index contributed by atoms with van der Waals surface area (Å²) in [5, 5.41) is 3.12. The Labute approximate surface area is 173 Å². The molecule has 0 aromatic heterocycles. The highest BCUT2D eigenvalue weighted by molar-refractivity contribution is 7.89. The molecule has 3 aromatic carbocycles. The Morgan fingerprint density at radius 1 is 0.966 bits per heavy atom. The molecule has 1 amide bonds. The summed E-state index contributed by atoms with van der Waals surface area (Å²) in [6.45, 7) is 0. The van der Waals surface area contributed by atoms with Gasteiger partial charge in [0, 0.05) is 10.7 Å². The van der Waals surface area contributed by atoms with Gasteiger partial charge < -0.3 is 5.32 Å². The van der Waals surface area contributed by atoms with Crippen LogP contribution in [0.25, 0.3) is 0 Å². The second-order valence-electron chi connectivity index (χ2n) is 6.32. The van der Waals surface area contributed by atoms with Crippen molar-refractivity contribution in [1.82, 2.24) is 4.72 Å². The first-order chi connectivity index (χ1) is 13.8. The second-order valence-corrected chi connectivity index (χ2v) is 8.47. The Morgan fingerprint density at radius 3 is 2.31 bits per heavy atom. The number of nitrogens with one attached hydrogen (secondary N) is 2. The van der Waals surface area contributed by atoms with Crippen molar-refractivity contribution >= 4 is 33.2 Å². The van der Waals surface area contributed by atoms with Crippen LogP contribution in [0.3, 0.4) is 0 Å². The highest BCUT2D eigenvalue weighted by Gasteiger charge is 2.26. The summed E-state index contributed by atoms with van der Waals surface area (Å²) in [4.78, 5) is 12.7. The lowest BCUT2D eigenvalue weighted by atomic mass is 10.1. The van der Waals surface area contributed by atoms with E-state index in [9.17, 15) is 17.6 Å². The zero-order chi connectivity index (χ0) is 20.9. The van der Waals surface area contributed by atoms with Gasteiger partial charge in [-0.2, -0.15) is 4.72 Å². The van der Waals surface area contributed by atoms with Gasteiger partial charge in [0.2, 0.25) is 15.9 Å². The van der Waals surface area contributed by atoms with Crippen molar-refractivity contribution in [2.75, 3.05) is 5.32 Å². The van der Waals surface area contributed by atoms with E-state index in [1.807, 2.05) is 6.07 Å². The van der Waals surface area contributed by atoms with Crippen molar-refractivity contribution in [2.24, 2.45) is 0 Å². The fourth-order valence-corrected chi connectivity index (χ4v) is 4.09. The third-order valence-corrected chi connectivity index (χ3v) is 5.84. The minimum Gasteiger partial charge on any atom is -0.325 e. The summed E-state index contributed by atoms with van der Waals surface area (Å²) in [5.41, 5.74) is 1.22. The largest absolute Gasteiger partial charge is 0.325 e. The van der Waals surface area contributed by atoms with E-state index in [0.29, 0.717) is 10.7 Å². The number of sulfonamides is 1. The maximum atomic E-state index is 13.1. The average Bonchev–Trinajstić information content (AvgIpc) is 2.68. The van der Waals surface area contributed by atoms with E-state index in [1.54, 1.807) is 48.5 Å². The van der Waals surface area contributed by atoms with Gasteiger partial charge in [0.05, 0.1) is 4.90 Å². The summed E-state index contributed by atoms with van der Waals surface area (Å²) in [6.07, 6.45) is 0.133.